The Hall–Kier alpha value is -2.16. The van der Waals surface area contributed by atoms with Gasteiger partial charge in [-0.05, 0) is 68.0 Å². The molecule has 0 fully saturated rings. The second kappa shape index (κ2) is 8.47. The van der Waals surface area contributed by atoms with Gasteiger partial charge in [0.2, 0.25) is 0 Å². The van der Waals surface area contributed by atoms with Crippen LogP contribution in [-0.2, 0) is 6.42 Å². The molecule has 0 atom stereocenters. The van der Waals surface area contributed by atoms with Crippen molar-refractivity contribution in [2.45, 2.75) is 40.0 Å². The summed E-state index contributed by atoms with van der Waals surface area (Å²) in [6.07, 6.45) is 3.07. The number of anilines is 2. The van der Waals surface area contributed by atoms with Gasteiger partial charge in [0, 0.05) is 12.2 Å². The maximum atomic E-state index is 6.05. The van der Waals surface area contributed by atoms with Crippen LogP contribution >= 0.6 is 0 Å². The van der Waals surface area contributed by atoms with Crippen molar-refractivity contribution in [2.24, 2.45) is 0 Å². The third-order valence-corrected chi connectivity index (χ3v) is 3.89. The molecule has 0 bridgehead atoms. The largest absolute Gasteiger partial charge is 0.491 e. The Morgan fingerprint density at radius 1 is 1.09 bits per heavy atom. The zero-order valence-electron chi connectivity index (χ0n) is 14.5. The van der Waals surface area contributed by atoms with Crippen molar-refractivity contribution in [3.05, 3.63) is 53.1 Å². The van der Waals surface area contributed by atoms with Crippen molar-refractivity contribution in [1.29, 1.82) is 0 Å². The SMILES string of the molecule is CCCOc1ccc(CCCNc2cc(C)ccc2C)cc1N. The van der Waals surface area contributed by atoms with E-state index in [0.29, 0.717) is 6.61 Å². The molecule has 0 heterocycles. The Balaban J connectivity index is 1.82. The van der Waals surface area contributed by atoms with Crippen LogP contribution in [0.25, 0.3) is 0 Å². The van der Waals surface area contributed by atoms with Crippen LogP contribution in [-0.4, -0.2) is 13.2 Å². The average Bonchev–Trinajstić information content (AvgIpc) is 2.54. The molecule has 0 aliphatic heterocycles. The number of nitrogen functional groups attached to an aromatic ring is 1. The molecule has 0 saturated heterocycles. The number of rotatable bonds is 8. The molecular formula is C20H28N2O. The Morgan fingerprint density at radius 3 is 2.65 bits per heavy atom. The number of hydrogen-bond acceptors (Lipinski definition) is 3. The summed E-state index contributed by atoms with van der Waals surface area (Å²) in [6.45, 7) is 8.02. The predicted octanol–water partition coefficient (Wildman–Crippen LogP) is 4.72. The van der Waals surface area contributed by atoms with Gasteiger partial charge in [0.15, 0.2) is 0 Å². The number of nitrogens with one attached hydrogen (secondary N) is 1. The van der Waals surface area contributed by atoms with E-state index < -0.39 is 0 Å². The van der Waals surface area contributed by atoms with E-state index in [1.54, 1.807) is 0 Å². The summed E-state index contributed by atoms with van der Waals surface area (Å²) in [5, 5.41) is 3.52. The smallest absolute Gasteiger partial charge is 0.142 e. The molecule has 0 aliphatic carbocycles. The van der Waals surface area contributed by atoms with Gasteiger partial charge < -0.3 is 15.8 Å². The summed E-state index contributed by atoms with van der Waals surface area (Å²) in [5.74, 6) is 0.795. The molecular weight excluding hydrogens is 284 g/mol. The van der Waals surface area contributed by atoms with Crippen molar-refractivity contribution in [3.63, 3.8) is 0 Å². The number of ether oxygens (including phenoxy) is 1. The van der Waals surface area contributed by atoms with Crippen LogP contribution in [0.2, 0.25) is 0 Å². The van der Waals surface area contributed by atoms with Gasteiger partial charge in [-0.2, -0.15) is 0 Å². The highest BCUT2D eigenvalue weighted by Crippen LogP contribution is 2.23. The van der Waals surface area contributed by atoms with E-state index in [9.17, 15) is 0 Å². The minimum absolute atomic E-state index is 0.712. The molecule has 124 valence electrons. The fourth-order valence-corrected chi connectivity index (χ4v) is 2.54. The van der Waals surface area contributed by atoms with Gasteiger partial charge in [0.05, 0.1) is 12.3 Å². The molecule has 2 rings (SSSR count). The zero-order chi connectivity index (χ0) is 16.7. The standard InChI is InChI=1S/C20H28N2O/c1-4-12-23-20-10-9-17(14-18(20)21)6-5-11-22-19-13-15(2)7-8-16(19)3/h7-10,13-14,22H,4-6,11-12,21H2,1-3H3. The second-order valence-corrected chi connectivity index (χ2v) is 6.07. The molecule has 3 N–H and O–H groups in total. The highest BCUT2D eigenvalue weighted by atomic mass is 16.5. The third-order valence-electron chi connectivity index (χ3n) is 3.89. The van der Waals surface area contributed by atoms with Crippen LogP contribution in [0.3, 0.4) is 0 Å². The van der Waals surface area contributed by atoms with Crippen molar-refractivity contribution in [1.82, 2.24) is 0 Å². The quantitative estimate of drug-likeness (QED) is 0.548. The topological polar surface area (TPSA) is 47.3 Å². The molecule has 3 heteroatoms. The summed E-state index contributed by atoms with van der Waals surface area (Å²) >= 11 is 0. The maximum absolute atomic E-state index is 6.05. The lowest BCUT2D eigenvalue weighted by Crippen LogP contribution is -2.05. The molecule has 0 amide bonds. The first-order chi connectivity index (χ1) is 11.1. The Kier molecular flexibility index (Phi) is 6.33. The Labute approximate surface area is 139 Å². The first-order valence-corrected chi connectivity index (χ1v) is 8.42. The van der Waals surface area contributed by atoms with Crippen molar-refractivity contribution >= 4 is 11.4 Å². The predicted molar refractivity (Wildman–Crippen MR) is 99.4 cm³/mol. The van der Waals surface area contributed by atoms with Crippen LogP contribution in [0.1, 0.15) is 36.5 Å². The first kappa shape index (κ1) is 17.2. The second-order valence-electron chi connectivity index (χ2n) is 6.07. The molecule has 0 saturated carbocycles. The molecule has 23 heavy (non-hydrogen) atoms. The molecule has 0 spiro atoms. The normalized spacial score (nSPS) is 10.6. The summed E-state index contributed by atoms with van der Waals surface area (Å²) in [7, 11) is 0. The van der Waals surface area contributed by atoms with Crippen LogP contribution in [0.15, 0.2) is 36.4 Å². The fourth-order valence-electron chi connectivity index (χ4n) is 2.54. The molecule has 0 unspecified atom stereocenters. The minimum Gasteiger partial charge on any atom is -0.491 e. The number of nitrogens with two attached hydrogens (primary N) is 1. The van der Waals surface area contributed by atoms with Gasteiger partial charge in [-0.3, -0.25) is 0 Å². The van der Waals surface area contributed by atoms with Gasteiger partial charge >= 0.3 is 0 Å². The molecule has 0 aliphatic rings. The average molecular weight is 312 g/mol. The van der Waals surface area contributed by atoms with E-state index in [4.69, 9.17) is 10.5 Å². The van der Waals surface area contributed by atoms with E-state index in [0.717, 1.165) is 37.2 Å². The van der Waals surface area contributed by atoms with Gasteiger partial charge in [-0.1, -0.05) is 25.1 Å². The number of aryl methyl sites for hydroxylation is 3. The maximum Gasteiger partial charge on any atom is 0.142 e. The molecule has 0 radical (unpaired) electrons. The minimum atomic E-state index is 0.712. The van der Waals surface area contributed by atoms with E-state index in [1.807, 2.05) is 12.1 Å². The van der Waals surface area contributed by atoms with Gasteiger partial charge in [0.1, 0.15) is 5.75 Å². The first-order valence-electron chi connectivity index (χ1n) is 8.42. The zero-order valence-corrected chi connectivity index (χ0v) is 14.5. The lowest BCUT2D eigenvalue weighted by molar-refractivity contribution is 0.319. The number of hydrogen-bond donors (Lipinski definition) is 2. The monoisotopic (exact) mass is 312 g/mol. The molecule has 2 aromatic carbocycles. The van der Waals surface area contributed by atoms with E-state index in [-0.39, 0.29) is 0 Å². The Bertz CT molecular complexity index is 638. The highest BCUT2D eigenvalue weighted by Gasteiger charge is 2.03. The number of benzene rings is 2. The van der Waals surface area contributed by atoms with Crippen LogP contribution < -0.4 is 15.8 Å². The Morgan fingerprint density at radius 2 is 1.91 bits per heavy atom. The van der Waals surface area contributed by atoms with E-state index >= 15 is 0 Å². The van der Waals surface area contributed by atoms with Gasteiger partial charge in [-0.15, -0.1) is 0 Å². The van der Waals surface area contributed by atoms with Crippen LogP contribution in [0.5, 0.6) is 5.75 Å². The fraction of sp³-hybridized carbons (Fsp3) is 0.400. The summed E-state index contributed by atoms with van der Waals surface area (Å²) < 4.78 is 5.61. The van der Waals surface area contributed by atoms with E-state index in [1.165, 1.54) is 22.4 Å². The van der Waals surface area contributed by atoms with Gasteiger partial charge in [-0.25, -0.2) is 0 Å². The molecule has 0 aromatic heterocycles. The third kappa shape index (κ3) is 5.20. The van der Waals surface area contributed by atoms with Crippen LogP contribution in [0, 0.1) is 13.8 Å². The summed E-state index contributed by atoms with van der Waals surface area (Å²) in [5.41, 5.74) is 11.9. The lowest BCUT2D eigenvalue weighted by atomic mass is 10.1. The van der Waals surface area contributed by atoms with Crippen molar-refractivity contribution in [3.8, 4) is 5.75 Å². The van der Waals surface area contributed by atoms with Crippen molar-refractivity contribution in [2.75, 3.05) is 24.2 Å². The molecule has 3 nitrogen and oxygen atoms in total. The lowest BCUT2D eigenvalue weighted by Gasteiger charge is -2.12. The molecule has 2 aromatic rings. The van der Waals surface area contributed by atoms with E-state index in [2.05, 4.69) is 50.4 Å². The summed E-state index contributed by atoms with van der Waals surface area (Å²) in [6, 6.07) is 12.6. The summed E-state index contributed by atoms with van der Waals surface area (Å²) in [4.78, 5) is 0. The van der Waals surface area contributed by atoms with Crippen LogP contribution in [0.4, 0.5) is 11.4 Å². The highest BCUT2D eigenvalue weighted by molar-refractivity contribution is 5.54. The van der Waals surface area contributed by atoms with Crippen molar-refractivity contribution < 1.29 is 4.74 Å². The van der Waals surface area contributed by atoms with Gasteiger partial charge in [0.25, 0.3) is 0 Å².